The number of para-hydroxylation sites is 1. The van der Waals surface area contributed by atoms with Crippen LogP contribution >= 0.6 is 0 Å². The summed E-state index contributed by atoms with van der Waals surface area (Å²) < 4.78 is 33.4. The van der Waals surface area contributed by atoms with Crippen LogP contribution in [0.15, 0.2) is 24.4 Å². The lowest BCUT2D eigenvalue weighted by Gasteiger charge is -2.22. The van der Waals surface area contributed by atoms with Crippen LogP contribution in [0.1, 0.15) is 68.8 Å². The molecule has 1 aliphatic heterocycles. The Hall–Kier alpha value is -2.95. The van der Waals surface area contributed by atoms with E-state index in [1.807, 2.05) is 32.2 Å². The molecule has 0 saturated carbocycles. The first-order valence-corrected chi connectivity index (χ1v) is 11.2. The number of benzene rings is 1. The second kappa shape index (κ2) is 12.0. The highest BCUT2D eigenvalue weighted by Gasteiger charge is 2.38. The highest BCUT2D eigenvalue weighted by Crippen LogP contribution is 2.28. The first kappa shape index (κ1) is 27.3. The number of anilines is 1. The summed E-state index contributed by atoms with van der Waals surface area (Å²) >= 11 is 0. The van der Waals surface area contributed by atoms with Crippen molar-refractivity contribution in [2.24, 2.45) is 0 Å². The van der Waals surface area contributed by atoms with Crippen molar-refractivity contribution in [3.63, 3.8) is 0 Å². The van der Waals surface area contributed by atoms with Gasteiger partial charge in [-0.3, -0.25) is 4.79 Å². The number of carbonyl (C=O) groups excluding carboxylic acids is 1. The molecule has 3 N–H and O–H groups in total. The van der Waals surface area contributed by atoms with Crippen LogP contribution in [0.3, 0.4) is 0 Å². The molecular weight excluding hydrogens is 451 g/mol. The molecule has 1 saturated heterocycles. The zero-order chi connectivity index (χ0) is 25.5. The van der Waals surface area contributed by atoms with Crippen molar-refractivity contribution in [1.82, 2.24) is 20.3 Å². The fourth-order valence-corrected chi connectivity index (χ4v) is 3.64. The molecule has 1 aromatic heterocycles. The lowest BCUT2D eigenvalue weighted by molar-refractivity contribution is -0.192. The van der Waals surface area contributed by atoms with Gasteiger partial charge in [0.2, 0.25) is 5.91 Å². The van der Waals surface area contributed by atoms with E-state index in [2.05, 4.69) is 40.9 Å². The van der Waals surface area contributed by atoms with E-state index in [0.717, 1.165) is 35.5 Å². The van der Waals surface area contributed by atoms with E-state index < -0.39 is 18.2 Å². The summed E-state index contributed by atoms with van der Waals surface area (Å²) in [4.78, 5) is 21.7. The molecule has 1 fully saturated rings. The molecule has 1 aromatic carbocycles. The van der Waals surface area contributed by atoms with Crippen LogP contribution in [0.5, 0.6) is 0 Å². The van der Waals surface area contributed by atoms with Crippen molar-refractivity contribution >= 4 is 17.6 Å². The number of amides is 1. The third kappa shape index (κ3) is 7.82. The average Bonchev–Trinajstić information content (AvgIpc) is 3.23. The minimum atomic E-state index is -5.08. The van der Waals surface area contributed by atoms with Gasteiger partial charge in [-0.05, 0) is 50.3 Å². The Morgan fingerprint density at radius 3 is 2.50 bits per heavy atom. The molecule has 2 aromatic rings. The Labute approximate surface area is 196 Å². The van der Waals surface area contributed by atoms with E-state index >= 15 is 0 Å². The molecule has 188 valence electrons. The number of aryl methyl sites for hydroxylation is 1. The molecule has 11 heteroatoms. The van der Waals surface area contributed by atoms with Gasteiger partial charge in [0, 0.05) is 24.3 Å². The van der Waals surface area contributed by atoms with Crippen molar-refractivity contribution in [3.8, 4) is 0 Å². The molecule has 0 spiro atoms. The number of hydrogen-bond donors (Lipinski definition) is 3. The van der Waals surface area contributed by atoms with Gasteiger partial charge in [0.15, 0.2) is 0 Å². The summed E-state index contributed by atoms with van der Waals surface area (Å²) in [5, 5.41) is 22.2. The molecule has 0 bridgehead atoms. The van der Waals surface area contributed by atoms with Gasteiger partial charge < -0.3 is 15.7 Å². The first-order chi connectivity index (χ1) is 15.9. The second-order valence-corrected chi connectivity index (χ2v) is 8.70. The number of rotatable bonds is 6. The van der Waals surface area contributed by atoms with E-state index in [1.165, 1.54) is 19.3 Å². The number of aromatic nitrogens is 3. The van der Waals surface area contributed by atoms with Gasteiger partial charge in [0.05, 0.1) is 5.69 Å². The zero-order valence-corrected chi connectivity index (χ0v) is 19.8. The Kier molecular flexibility index (Phi) is 9.60. The smallest absolute Gasteiger partial charge is 0.475 e. The number of piperidine rings is 1. The molecule has 8 nitrogen and oxygen atoms in total. The summed E-state index contributed by atoms with van der Waals surface area (Å²) in [6.07, 6.45) is 1.37. The van der Waals surface area contributed by atoms with Gasteiger partial charge in [-0.1, -0.05) is 43.7 Å². The molecule has 34 heavy (non-hydrogen) atoms. The van der Waals surface area contributed by atoms with E-state index in [0.29, 0.717) is 12.0 Å². The Bertz CT molecular complexity index is 969. The van der Waals surface area contributed by atoms with E-state index in [-0.39, 0.29) is 5.91 Å². The SMILES string of the molecule is Cc1cccc(C(C)C)c1NC(=O)C(C)n1cc(CC2CCCCN2)nn1.O=C(O)C(F)(F)F. The van der Waals surface area contributed by atoms with Crippen molar-refractivity contribution in [2.45, 2.75) is 77.6 Å². The van der Waals surface area contributed by atoms with Gasteiger partial charge in [-0.2, -0.15) is 13.2 Å². The number of nitrogens with one attached hydrogen (secondary N) is 2. The number of nitrogens with zero attached hydrogens (tertiary/aromatic N) is 3. The largest absolute Gasteiger partial charge is 0.490 e. The number of carboxylic acid groups (broad SMARTS) is 1. The fraction of sp³-hybridized carbons (Fsp3) is 0.565. The predicted molar refractivity (Wildman–Crippen MR) is 122 cm³/mol. The van der Waals surface area contributed by atoms with Crippen molar-refractivity contribution in [3.05, 3.63) is 41.2 Å². The van der Waals surface area contributed by atoms with Crippen molar-refractivity contribution < 1.29 is 27.9 Å². The molecule has 2 unspecified atom stereocenters. The lowest BCUT2D eigenvalue weighted by Crippen LogP contribution is -2.35. The topological polar surface area (TPSA) is 109 Å². The number of carbonyl (C=O) groups is 2. The average molecular weight is 484 g/mol. The zero-order valence-electron chi connectivity index (χ0n) is 19.8. The standard InChI is InChI=1S/C21H31N5O.C2HF3O2/c1-14(2)19-10-7-8-15(3)20(19)23-21(27)16(4)26-13-18(24-25-26)12-17-9-5-6-11-22-17;3-2(4,5)1(6)7/h7-8,10,13-14,16-17,22H,5-6,9,11-12H2,1-4H3,(H,23,27);(H,6,7). The molecular formula is C23H32F3N5O3. The van der Waals surface area contributed by atoms with Crippen LogP contribution < -0.4 is 10.6 Å². The third-order valence-electron chi connectivity index (χ3n) is 5.62. The van der Waals surface area contributed by atoms with Crippen molar-refractivity contribution in [2.75, 3.05) is 11.9 Å². The highest BCUT2D eigenvalue weighted by molar-refractivity contribution is 5.95. The third-order valence-corrected chi connectivity index (χ3v) is 5.62. The van der Waals surface area contributed by atoms with E-state index in [1.54, 1.807) is 4.68 Å². The number of halogens is 3. The van der Waals surface area contributed by atoms with Gasteiger partial charge in [-0.25, -0.2) is 9.48 Å². The lowest BCUT2D eigenvalue weighted by atomic mass is 9.98. The Balaban J connectivity index is 0.000000509. The second-order valence-electron chi connectivity index (χ2n) is 8.70. The van der Waals surface area contributed by atoms with Crippen LogP contribution in [0.25, 0.3) is 0 Å². The van der Waals surface area contributed by atoms with Crippen LogP contribution in [0.4, 0.5) is 18.9 Å². The van der Waals surface area contributed by atoms with Gasteiger partial charge in [0.1, 0.15) is 6.04 Å². The Morgan fingerprint density at radius 1 is 1.26 bits per heavy atom. The van der Waals surface area contributed by atoms with Crippen LogP contribution in [-0.4, -0.2) is 50.7 Å². The summed E-state index contributed by atoms with van der Waals surface area (Å²) in [7, 11) is 0. The minimum Gasteiger partial charge on any atom is -0.475 e. The molecule has 2 heterocycles. The summed E-state index contributed by atoms with van der Waals surface area (Å²) in [6.45, 7) is 9.23. The number of alkyl halides is 3. The highest BCUT2D eigenvalue weighted by atomic mass is 19.4. The maximum absolute atomic E-state index is 12.8. The molecule has 3 rings (SSSR count). The molecule has 2 atom stereocenters. The number of carboxylic acids is 1. The normalized spacial score (nSPS) is 17.0. The van der Waals surface area contributed by atoms with E-state index in [9.17, 15) is 18.0 Å². The first-order valence-electron chi connectivity index (χ1n) is 11.2. The van der Waals surface area contributed by atoms with Gasteiger partial charge in [0.25, 0.3) is 0 Å². The predicted octanol–water partition coefficient (Wildman–Crippen LogP) is 4.23. The number of hydrogen-bond acceptors (Lipinski definition) is 5. The van der Waals surface area contributed by atoms with Crippen molar-refractivity contribution in [1.29, 1.82) is 0 Å². The van der Waals surface area contributed by atoms with E-state index in [4.69, 9.17) is 9.90 Å². The summed E-state index contributed by atoms with van der Waals surface area (Å²) in [6, 6.07) is 6.19. The monoisotopic (exact) mass is 483 g/mol. The van der Waals surface area contributed by atoms with Gasteiger partial charge >= 0.3 is 12.1 Å². The molecule has 1 amide bonds. The van der Waals surface area contributed by atoms with Crippen LogP contribution in [0, 0.1) is 6.92 Å². The molecule has 0 aliphatic carbocycles. The number of aliphatic carboxylic acids is 1. The van der Waals surface area contributed by atoms with Crippen LogP contribution in [0.2, 0.25) is 0 Å². The fourth-order valence-electron chi connectivity index (χ4n) is 3.64. The van der Waals surface area contributed by atoms with Crippen LogP contribution in [-0.2, 0) is 16.0 Å². The Morgan fingerprint density at radius 2 is 1.94 bits per heavy atom. The van der Waals surface area contributed by atoms with Gasteiger partial charge in [-0.15, -0.1) is 5.10 Å². The minimum absolute atomic E-state index is 0.0709. The summed E-state index contributed by atoms with van der Waals surface area (Å²) in [5.74, 6) is -2.48. The maximum atomic E-state index is 12.8. The molecule has 0 radical (unpaired) electrons. The molecule has 1 aliphatic rings. The quantitative estimate of drug-likeness (QED) is 0.568. The maximum Gasteiger partial charge on any atom is 0.490 e. The summed E-state index contributed by atoms with van der Waals surface area (Å²) in [5.41, 5.74) is 4.08.